The van der Waals surface area contributed by atoms with Gasteiger partial charge in [0.15, 0.2) is 5.82 Å². The zero-order valence-corrected chi connectivity index (χ0v) is 16.7. The van der Waals surface area contributed by atoms with Crippen molar-refractivity contribution in [2.24, 2.45) is 0 Å². The Morgan fingerprint density at radius 2 is 2.03 bits per heavy atom. The minimum Gasteiger partial charge on any atom is -0.378 e. The quantitative estimate of drug-likeness (QED) is 0.697. The predicted octanol–water partition coefficient (Wildman–Crippen LogP) is 2.81. The lowest BCUT2D eigenvalue weighted by molar-refractivity contribution is 0.0937. The summed E-state index contributed by atoms with van der Waals surface area (Å²) in [4.78, 5) is 21.3. The van der Waals surface area contributed by atoms with E-state index in [0.717, 1.165) is 30.8 Å². The standard InChI is InChI=1S/C22H25N5O2/c1-26(2)19-10-6-9-17(13-19)21(28)23-18-11-12-27(14-18)15-20-24-22(29-25-20)16-7-4-3-5-8-16/h3-10,13,18H,11-12,14-15H2,1-2H3,(H,23,28). The molecule has 1 N–H and O–H groups in total. The van der Waals surface area contributed by atoms with Gasteiger partial charge in [-0.25, -0.2) is 0 Å². The van der Waals surface area contributed by atoms with Gasteiger partial charge in [-0.05, 0) is 36.8 Å². The van der Waals surface area contributed by atoms with Crippen molar-refractivity contribution in [1.82, 2.24) is 20.4 Å². The van der Waals surface area contributed by atoms with Crippen LogP contribution in [0.2, 0.25) is 0 Å². The lowest BCUT2D eigenvalue weighted by Gasteiger charge is -2.16. The van der Waals surface area contributed by atoms with Crippen molar-refractivity contribution in [2.45, 2.75) is 19.0 Å². The van der Waals surface area contributed by atoms with E-state index in [2.05, 4.69) is 20.4 Å². The smallest absolute Gasteiger partial charge is 0.257 e. The van der Waals surface area contributed by atoms with E-state index < -0.39 is 0 Å². The number of hydrogen-bond acceptors (Lipinski definition) is 6. The van der Waals surface area contributed by atoms with Gasteiger partial charge in [-0.15, -0.1) is 0 Å². The van der Waals surface area contributed by atoms with Crippen molar-refractivity contribution in [3.8, 4) is 11.5 Å². The van der Waals surface area contributed by atoms with Gasteiger partial charge in [0.25, 0.3) is 11.8 Å². The Balaban J connectivity index is 1.32. The molecule has 3 aromatic rings. The van der Waals surface area contributed by atoms with Crippen LogP contribution in [0.5, 0.6) is 0 Å². The minimum atomic E-state index is -0.0357. The van der Waals surface area contributed by atoms with E-state index >= 15 is 0 Å². The van der Waals surface area contributed by atoms with Gasteiger partial charge in [0, 0.05) is 50.0 Å². The number of likely N-dealkylation sites (tertiary alicyclic amines) is 1. The molecule has 1 aliphatic rings. The van der Waals surface area contributed by atoms with E-state index in [9.17, 15) is 4.79 Å². The number of aromatic nitrogens is 2. The number of rotatable bonds is 6. The molecule has 29 heavy (non-hydrogen) atoms. The summed E-state index contributed by atoms with van der Waals surface area (Å²) in [5.41, 5.74) is 2.61. The number of nitrogens with zero attached hydrogens (tertiary/aromatic N) is 4. The summed E-state index contributed by atoms with van der Waals surface area (Å²) >= 11 is 0. The van der Waals surface area contributed by atoms with Gasteiger partial charge in [0.1, 0.15) is 0 Å². The van der Waals surface area contributed by atoms with E-state index in [-0.39, 0.29) is 11.9 Å². The minimum absolute atomic E-state index is 0.0357. The predicted molar refractivity (Wildman–Crippen MR) is 112 cm³/mol. The van der Waals surface area contributed by atoms with Gasteiger partial charge in [0.05, 0.1) is 6.54 Å². The third-order valence-corrected chi connectivity index (χ3v) is 5.09. The van der Waals surface area contributed by atoms with Gasteiger partial charge in [0.2, 0.25) is 0 Å². The normalized spacial score (nSPS) is 16.7. The molecule has 0 saturated carbocycles. The Morgan fingerprint density at radius 1 is 1.21 bits per heavy atom. The first-order chi connectivity index (χ1) is 14.1. The van der Waals surface area contributed by atoms with Crippen LogP contribution in [-0.4, -0.2) is 54.2 Å². The highest BCUT2D eigenvalue weighted by molar-refractivity contribution is 5.95. The topological polar surface area (TPSA) is 74.5 Å². The number of benzene rings is 2. The van der Waals surface area contributed by atoms with Gasteiger partial charge in [-0.2, -0.15) is 4.98 Å². The molecule has 0 radical (unpaired) electrons. The highest BCUT2D eigenvalue weighted by atomic mass is 16.5. The maximum Gasteiger partial charge on any atom is 0.257 e. The van der Waals surface area contributed by atoms with E-state index in [1.807, 2.05) is 73.6 Å². The van der Waals surface area contributed by atoms with E-state index in [4.69, 9.17) is 4.52 Å². The van der Waals surface area contributed by atoms with Crippen LogP contribution in [0.1, 0.15) is 22.6 Å². The molecule has 1 saturated heterocycles. The molecule has 1 atom stereocenters. The molecule has 7 nitrogen and oxygen atoms in total. The third kappa shape index (κ3) is 4.63. The molecular weight excluding hydrogens is 366 g/mol. The van der Waals surface area contributed by atoms with Crippen molar-refractivity contribution in [1.29, 1.82) is 0 Å². The number of carbonyl (C=O) groups is 1. The fourth-order valence-electron chi connectivity index (χ4n) is 3.50. The summed E-state index contributed by atoms with van der Waals surface area (Å²) in [6, 6.07) is 17.5. The second kappa shape index (κ2) is 8.45. The first-order valence-electron chi connectivity index (χ1n) is 9.77. The molecule has 1 amide bonds. The van der Waals surface area contributed by atoms with Crippen LogP contribution in [0.25, 0.3) is 11.5 Å². The molecular formula is C22H25N5O2. The maximum atomic E-state index is 12.6. The molecule has 2 aromatic carbocycles. The van der Waals surface area contributed by atoms with Gasteiger partial charge < -0.3 is 14.7 Å². The third-order valence-electron chi connectivity index (χ3n) is 5.09. The zero-order chi connectivity index (χ0) is 20.2. The van der Waals surface area contributed by atoms with Crippen LogP contribution in [0.15, 0.2) is 59.1 Å². The van der Waals surface area contributed by atoms with Crippen LogP contribution in [0, 0.1) is 0 Å². The Labute approximate surface area is 170 Å². The van der Waals surface area contributed by atoms with Crippen molar-refractivity contribution in [3.05, 3.63) is 66.0 Å². The Bertz CT molecular complexity index is 970. The van der Waals surface area contributed by atoms with Gasteiger partial charge >= 0.3 is 0 Å². The second-order valence-electron chi connectivity index (χ2n) is 7.52. The molecule has 1 fully saturated rings. The summed E-state index contributed by atoms with van der Waals surface area (Å²) in [5, 5.41) is 7.24. The fourth-order valence-corrected chi connectivity index (χ4v) is 3.50. The highest BCUT2D eigenvalue weighted by Crippen LogP contribution is 2.19. The number of carbonyl (C=O) groups excluding carboxylic acids is 1. The van der Waals surface area contributed by atoms with Crippen LogP contribution < -0.4 is 10.2 Å². The zero-order valence-electron chi connectivity index (χ0n) is 16.7. The lowest BCUT2D eigenvalue weighted by Crippen LogP contribution is -2.37. The summed E-state index contributed by atoms with van der Waals surface area (Å²) in [5.74, 6) is 1.16. The average molecular weight is 391 g/mol. The van der Waals surface area contributed by atoms with Crippen molar-refractivity contribution in [2.75, 3.05) is 32.1 Å². The molecule has 1 unspecified atom stereocenters. The molecule has 150 valence electrons. The summed E-state index contributed by atoms with van der Waals surface area (Å²) < 4.78 is 5.38. The second-order valence-corrected chi connectivity index (χ2v) is 7.52. The fraction of sp³-hybridized carbons (Fsp3) is 0.318. The molecule has 0 bridgehead atoms. The monoisotopic (exact) mass is 391 g/mol. The number of anilines is 1. The molecule has 4 rings (SSSR count). The summed E-state index contributed by atoms with van der Waals surface area (Å²) in [7, 11) is 3.93. The summed E-state index contributed by atoms with van der Waals surface area (Å²) in [6.07, 6.45) is 0.905. The lowest BCUT2D eigenvalue weighted by atomic mass is 10.1. The van der Waals surface area contributed by atoms with Crippen LogP contribution in [-0.2, 0) is 6.54 Å². The first-order valence-corrected chi connectivity index (χ1v) is 9.77. The van der Waals surface area contributed by atoms with E-state index in [1.165, 1.54) is 0 Å². The SMILES string of the molecule is CN(C)c1cccc(C(=O)NC2CCN(Cc3noc(-c4ccccc4)n3)C2)c1. The number of amides is 1. The van der Waals surface area contributed by atoms with Crippen LogP contribution in [0.3, 0.4) is 0 Å². The average Bonchev–Trinajstić information content (AvgIpc) is 3.38. The molecule has 0 aliphatic carbocycles. The van der Waals surface area contributed by atoms with Crippen molar-refractivity contribution in [3.63, 3.8) is 0 Å². The maximum absolute atomic E-state index is 12.6. The Hall–Kier alpha value is -3.19. The summed E-state index contributed by atoms with van der Waals surface area (Å²) in [6.45, 7) is 2.27. The van der Waals surface area contributed by atoms with E-state index in [0.29, 0.717) is 23.8 Å². The van der Waals surface area contributed by atoms with Crippen LogP contribution >= 0.6 is 0 Å². The highest BCUT2D eigenvalue weighted by Gasteiger charge is 2.25. The molecule has 1 aromatic heterocycles. The van der Waals surface area contributed by atoms with Crippen LogP contribution in [0.4, 0.5) is 5.69 Å². The molecule has 7 heteroatoms. The first kappa shape index (κ1) is 19.1. The largest absolute Gasteiger partial charge is 0.378 e. The number of nitrogens with one attached hydrogen (secondary N) is 1. The Morgan fingerprint density at radius 3 is 2.83 bits per heavy atom. The Kier molecular flexibility index (Phi) is 5.57. The molecule has 1 aliphatic heterocycles. The van der Waals surface area contributed by atoms with Crippen molar-refractivity contribution >= 4 is 11.6 Å². The molecule has 0 spiro atoms. The van der Waals surface area contributed by atoms with E-state index in [1.54, 1.807) is 0 Å². The van der Waals surface area contributed by atoms with Crippen molar-refractivity contribution < 1.29 is 9.32 Å². The van der Waals surface area contributed by atoms with Gasteiger partial charge in [-0.3, -0.25) is 9.69 Å². The van der Waals surface area contributed by atoms with Gasteiger partial charge in [-0.1, -0.05) is 29.4 Å². The molecule has 2 heterocycles. The number of hydrogen-bond donors (Lipinski definition) is 1.